The first-order valence-electron chi connectivity index (χ1n) is 8.95. The number of anilines is 2. The second-order valence-corrected chi connectivity index (χ2v) is 7.39. The van der Waals surface area contributed by atoms with E-state index in [-0.39, 0.29) is 5.95 Å². The van der Waals surface area contributed by atoms with E-state index in [4.69, 9.17) is 15.2 Å². The standard InChI is InChI=1S/C20H24N6O3/c1-20(2,3)26-19(27)25-17-12(9-11-10-22-18(21)24-16(11)23-17)15-13(28-4)7-6-8-14(15)29-5/h6-10H,1-5H3,(H4,21,22,23,24,25,26,27). The number of benzene rings is 1. The molecule has 0 aliphatic heterocycles. The van der Waals surface area contributed by atoms with Crippen molar-refractivity contribution in [2.24, 2.45) is 0 Å². The molecule has 2 aromatic heterocycles. The molecule has 0 saturated carbocycles. The second-order valence-electron chi connectivity index (χ2n) is 7.39. The van der Waals surface area contributed by atoms with Crippen LogP contribution < -0.4 is 25.8 Å². The van der Waals surface area contributed by atoms with Gasteiger partial charge in [-0.3, -0.25) is 5.32 Å². The predicted molar refractivity (Wildman–Crippen MR) is 112 cm³/mol. The number of fused-ring (bicyclic) bond motifs is 1. The zero-order chi connectivity index (χ0) is 21.2. The summed E-state index contributed by atoms with van der Waals surface area (Å²) in [7, 11) is 3.13. The summed E-state index contributed by atoms with van der Waals surface area (Å²) in [6.07, 6.45) is 1.58. The van der Waals surface area contributed by atoms with Crippen LogP contribution in [0.1, 0.15) is 20.8 Å². The van der Waals surface area contributed by atoms with Crippen LogP contribution in [0.15, 0.2) is 30.5 Å². The molecule has 0 unspecified atom stereocenters. The molecule has 3 aromatic rings. The number of amides is 2. The van der Waals surface area contributed by atoms with Gasteiger partial charge >= 0.3 is 6.03 Å². The number of aromatic nitrogens is 3. The van der Waals surface area contributed by atoms with Crippen molar-refractivity contribution in [3.63, 3.8) is 0 Å². The highest BCUT2D eigenvalue weighted by molar-refractivity contribution is 5.98. The van der Waals surface area contributed by atoms with Crippen molar-refractivity contribution in [1.29, 1.82) is 0 Å². The Balaban J connectivity index is 2.22. The van der Waals surface area contributed by atoms with Crippen molar-refractivity contribution in [2.75, 3.05) is 25.3 Å². The number of ether oxygens (including phenoxy) is 2. The predicted octanol–water partition coefficient (Wildman–Crippen LogP) is 3.21. The maximum Gasteiger partial charge on any atom is 0.320 e. The van der Waals surface area contributed by atoms with Gasteiger partial charge in [-0.05, 0) is 39.0 Å². The smallest absolute Gasteiger partial charge is 0.320 e. The number of carbonyl (C=O) groups is 1. The first-order chi connectivity index (χ1) is 13.7. The largest absolute Gasteiger partial charge is 0.496 e. The van der Waals surface area contributed by atoms with E-state index >= 15 is 0 Å². The molecular weight excluding hydrogens is 372 g/mol. The molecule has 9 heteroatoms. The van der Waals surface area contributed by atoms with E-state index in [2.05, 4.69) is 25.6 Å². The number of nitrogen functional groups attached to an aromatic ring is 1. The Labute approximate surface area is 168 Å². The quantitative estimate of drug-likeness (QED) is 0.618. The number of pyridine rings is 1. The summed E-state index contributed by atoms with van der Waals surface area (Å²) in [5.74, 6) is 1.53. The minimum absolute atomic E-state index is 0.0951. The van der Waals surface area contributed by atoms with Gasteiger partial charge < -0.3 is 20.5 Å². The molecule has 2 heterocycles. The van der Waals surface area contributed by atoms with Crippen molar-refractivity contribution in [3.8, 4) is 22.6 Å². The zero-order valence-electron chi connectivity index (χ0n) is 17.0. The molecule has 2 amide bonds. The topological polar surface area (TPSA) is 124 Å². The lowest BCUT2D eigenvalue weighted by atomic mass is 10.0. The maximum atomic E-state index is 12.5. The molecule has 0 bridgehead atoms. The number of nitrogens with two attached hydrogens (primary N) is 1. The molecule has 0 aliphatic rings. The van der Waals surface area contributed by atoms with Gasteiger partial charge in [-0.1, -0.05) is 6.07 Å². The Morgan fingerprint density at radius 1 is 1.10 bits per heavy atom. The second kappa shape index (κ2) is 7.78. The number of hydrogen-bond donors (Lipinski definition) is 3. The van der Waals surface area contributed by atoms with E-state index in [9.17, 15) is 4.79 Å². The molecular formula is C20H24N6O3. The van der Waals surface area contributed by atoms with Gasteiger partial charge in [-0.2, -0.15) is 4.98 Å². The van der Waals surface area contributed by atoms with Gasteiger partial charge in [0.15, 0.2) is 5.65 Å². The number of rotatable bonds is 4. The fourth-order valence-electron chi connectivity index (χ4n) is 2.86. The molecule has 1 aromatic carbocycles. The molecule has 3 rings (SSSR count). The summed E-state index contributed by atoms with van der Waals surface area (Å²) in [5, 5.41) is 6.32. The van der Waals surface area contributed by atoms with Crippen molar-refractivity contribution in [2.45, 2.75) is 26.3 Å². The average Bonchev–Trinajstić information content (AvgIpc) is 2.65. The number of hydrogen-bond acceptors (Lipinski definition) is 7. The molecule has 0 saturated heterocycles. The van der Waals surface area contributed by atoms with Crippen LogP contribution in [0.3, 0.4) is 0 Å². The molecule has 0 radical (unpaired) electrons. The summed E-state index contributed by atoms with van der Waals surface area (Å²) < 4.78 is 11.1. The number of urea groups is 1. The Morgan fingerprint density at radius 2 is 1.76 bits per heavy atom. The summed E-state index contributed by atoms with van der Waals surface area (Å²) in [4.78, 5) is 25.3. The Hall–Kier alpha value is -3.62. The van der Waals surface area contributed by atoms with Gasteiger partial charge in [0.1, 0.15) is 17.3 Å². The fraction of sp³-hybridized carbons (Fsp3) is 0.300. The Kier molecular flexibility index (Phi) is 5.40. The van der Waals surface area contributed by atoms with Crippen LogP contribution in [-0.4, -0.2) is 40.7 Å². The third-order valence-electron chi connectivity index (χ3n) is 4.00. The van der Waals surface area contributed by atoms with Crippen molar-refractivity contribution >= 4 is 28.8 Å². The van der Waals surface area contributed by atoms with E-state index in [0.29, 0.717) is 39.5 Å². The molecule has 4 N–H and O–H groups in total. The Morgan fingerprint density at radius 3 is 2.34 bits per heavy atom. The maximum absolute atomic E-state index is 12.5. The zero-order valence-corrected chi connectivity index (χ0v) is 17.0. The van der Waals surface area contributed by atoms with Crippen LogP contribution in [0.25, 0.3) is 22.2 Å². The third-order valence-corrected chi connectivity index (χ3v) is 4.00. The first-order valence-corrected chi connectivity index (χ1v) is 8.95. The highest BCUT2D eigenvalue weighted by Gasteiger charge is 2.21. The van der Waals surface area contributed by atoms with Gasteiger partial charge in [0.2, 0.25) is 5.95 Å². The highest BCUT2D eigenvalue weighted by atomic mass is 16.5. The van der Waals surface area contributed by atoms with Crippen LogP contribution >= 0.6 is 0 Å². The van der Waals surface area contributed by atoms with Crippen LogP contribution in [0, 0.1) is 0 Å². The third kappa shape index (κ3) is 4.45. The molecule has 29 heavy (non-hydrogen) atoms. The first kappa shape index (κ1) is 20.1. The number of methoxy groups -OCH3 is 2. The van der Waals surface area contributed by atoms with Gasteiger partial charge in [-0.15, -0.1) is 0 Å². The SMILES string of the molecule is COc1cccc(OC)c1-c1cc2cnc(N)nc2nc1NC(=O)NC(C)(C)C. The minimum atomic E-state index is -0.421. The summed E-state index contributed by atoms with van der Waals surface area (Å²) in [5.41, 5.74) is 6.89. The van der Waals surface area contributed by atoms with Crippen molar-refractivity contribution < 1.29 is 14.3 Å². The molecule has 9 nitrogen and oxygen atoms in total. The lowest BCUT2D eigenvalue weighted by Crippen LogP contribution is -2.43. The number of nitrogens with one attached hydrogen (secondary N) is 2. The number of carbonyl (C=O) groups excluding carboxylic acids is 1. The van der Waals surface area contributed by atoms with Crippen LogP contribution in [-0.2, 0) is 0 Å². The minimum Gasteiger partial charge on any atom is -0.496 e. The van der Waals surface area contributed by atoms with Crippen molar-refractivity contribution in [1.82, 2.24) is 20.3 Å². The lowest BCUT2D eigenvalue weighted by molar-refractivity contribution is 0.243. The van der Waals surface area contributed by atoms with E-state index in [1.807, 2.05) is 32.9 Å². The van der Waals surface area contributed by atoms with Gasteiger partial charge in [-0.25, -0.2) is 14.8 Å². The molecule has 0 aliphatic carbocycles. The number of nitrogens with zero attached hydrogens (tertiary/aromatic N) is 3. The molecule has 0 atom stereocenters. The average molecular weight is 396 g/mol. The van der Waals surface area contributed by atoms with Gasteiger partial charge in [0.05, 0.1) is 19.8 Å². The molecule has 152 valence electrons. The van der Waals surface area contributed by atoms with Gasteiger partial charge in [0.25, 0.3) is 0 Å². The van der Waals surface area contributed by atoms with E-state index in [1.54, 1.807) is 32.5 Å². The van der Waals surface area contributed by atoms with E-state index in [1.165, 1.54) is 0 Å². The van der Waals surface area contributed by atoms with Gasteiger partial charge in [0, 0.05) is 22.7 Å². The van der Waals surface area contributed by atoms with Crippen LogP contribution in [0.2, 0.25) is 0 Å². The fourth-order valence-corrected chi connectivity index (χ4v) is 2.86. The Bertz CT molecular complexity index is 1040. The normalized spacial score (nSPS) is 11.2. The lowest BCUT2D eigenvalue weighted by Gasteiger charge is -2.22. The van der Waals surface area contributed by atoms with Crippen LogP contribution in [0.4, 0.5) is 16.6 Å². The monoisotopic (exact) mass is 396 g/mol. The summed E-state index contributed by atoms with van der Waals surface area (Å²) >= 11 is 0. The summed E-state index contributed by atoms with van der Waals surface area (Å²) in [6.45, 7) is 5.66. The van der Waals surface area contributed by atoms with E-state index < -0.39 is 11.6 Å². The van der Waals surface area contributed by atoms with Crippen LogP contribution in [0.5, 0.6) is 11.5 Å². The molecule has 0 spiro atoms. The van der Waals surface area contributed by atoms with Crippen molar-refractivity contribution in [3.05, 3.63) is 30.5 Å². The highest BCUT2D eigenvalue weighted by Crippen LogP contribution is 2.42. The summed E-state index contributed by atoms with van der Waals surface area (Å²) in [6, 6.07) is 6.84. The van der Waals surface area contributed by atoms with E-state index in [0.717, 1.165) is 0 Å². The molecule has 0 fully saturated rings.